The van der Waals surface area contributed by atoms with Crippen LogP contribution in [0.1, 0.15) is 22.5 Å². The first-order valence-electron chi connectivity index (χ1n) is 3.79. The summed E-state index contributed by atoms with van der Waals surface area (Å²) in [4.78, 5) is 13.9. The minimum Gasteiger partial charge on any atom is -0.494 e. The van der Waals surface area contributed by atoms with E-state index in [2.05, 4.69) is 9.72 Å². The van der Waals surface area contributed by atoms with Crippen molar-refractivity contribution in [3.05, 3.63) is 23.3 Å². The first kappa shape index (κ1) is 11.3. The molecule has 0 aliphatic rings. The maximum Gasteiger partial charge on any atom is 0.271 e. The van der Waals surface area contributed by atoms with Crippen molar-refractivity contribution in [2.75, 3.05) is 7.11 Å². The number of alkyl halides is 2. The minimum atomic E-state index is -2.98. The lowest BCUT2D eigenvalue weighted by molar-refractivity contribution is 0.0989. The summed E-state index contributed by atoms with van der Waals surface area (Å²) in [7, 11) is 1.06. The summed E-state index contributed by atoms with van der Waals surface area (Å²) in [6, 6.07) is 0.496. The molecular formula is C8H7F3N2O2. The molecule has 1 aromatic rings. The van der Waals surface area contributed by atoms with Crippen LogP contribution >= 0.6 is 0 Å². The van der Waals surface area contributed by atoms with Gasteiger partial charge >= 0.3 is 0 Å². The largest absolute Gasteiger partial charge is 0.494 e. The Balaban J connectivity index is 3.45. The fourth-order valence-corrected chi connectivity index (χ4v) is 1.06. The lowest BCUT2D eigenvalue weighted by Crippen LogP contribution is -2.16. The third-order valence-corrected chi connectivity index (χ3v) is 1.64. The van der Waals surface area contributed by atoms with Gasteiger partial charge < -0.3 is 10.5 Å². The van der Waals surface area contributed by atoms with E-state index in [1.54, 1.807) is 0 Å². The fraction of sp³-hybridized carbons (Fsp3) is 0.250. The smallest absolute Gasteiger partial charge is 0.271 e. The number of rotatable bonds is 3. The molecule has 1 heterocycles. The van der Waals surface area contributed by atoms with Crippen LogP contribution in [0.2, 0.25) is 0 Å². The zero-order valence-corrected chi connectivity index (χ0v) is 7.63. The van der Waals surface area contributed by atoms with Crippen LogP contribution in [0.4, 0.5) is 13.2 Å². The number of hydrogen-bond acceptors (Lipinski definition) is 3. The number of carbonyl (C=O) groups excluding carboxylic acids is 1. The number of hydrogen-bond donors (Lipinski definition) is 1. The number of nitrogens with zero attached hydrogens (tertiary/aromatic N) is 1. The van der Waals surface area contributed by atoms with Crippen LogP contribution in [0.15, 0.2) is 6.07 Å². The number of halogens is 3. The summed E-state index contributed by atoms with van der Waals surface area (Å²) in [5, 5.41) is 0. The third-order valence-electron chi connectivity index (χ3n) is 1.64. The Hall–Kier alpha value is -1.79. The molecular weight excluding hydrogens is 213 g/mol. The van der Waals surface area contributed by atoms with Crippen LogP contribution in [0.25, 0.3) is 0 Å². The molecule has 1 rings (SSSR count). The van der Waals surface area contributed by atoms with Gasteiger partial charge in [-0.3, -0.25) is 4.79 Å². The Morgan fingerprint density at radius 2 is 2.20 bits per heavy atom. The molecule has 0 radical (unpaired) electrons. The first-order chi connectivity index (χ1) is 6.97. The van der Waals surface area contributed by atoms with Crippen LogP contribution in [-0.4, -0.2) is 18.0 Å². The number of ether oxygens (including phenoxy) is 1. The van der Waals surface area contributed by atoms with Crippen molar-refractivity contribution in [1.82, 2.24) is 4.98 Å². The Kier molecular flexibility index (Phi) is 3.13. The van der Waals surface area contributed by atoms with Gasteiger partial charge in [-0.1, -0.05) is 0 Å². The molecule has 0 spiro atoms. The second kappa shape index (κ2) is 4.16. The number of primary amides is 1. The average Bonchev–Trinajstić information content (AvgIpc) is 2.16. The van der Waals surface area contributed by atoms with E-state index in [0.29, 0.717) is 6.07 Å². The predicted octanol–water partition coefficient (Wildman–Crippen LogP) is 1.27. The highest BCUT2D eigenvalue weighted by molar-refractivity contribution is 5.94. The highest BCUT2D eigenvalue weighted by Crippen LogP contribution is 2.31. The monoisotopic (exact) mass is 220 g/mol. The Labute approximate surface area is 82.9 Å². The van der Waals surface area contributed by atoms with Gasteiger partial charge in [-0.15, -0.1) is 0 Å². The summed E-state index contributed by atoms with van der Waals surface area (Å²) in [6.07, 6.45) is -2.98. The fourth-order valence-electron chi connectivity index (χ4n) is 1.06. The molecule has 15 heavy (non-hydrogen) atoms. The summed E-state index contributed by atoms with van der Waals surface area (Å²) in [6.45, 7) is 0. The van der Waals surface area contributed by atoms with E-state index in [1.807, 2.05) is 0 Å². The zero-order valence-electron chi connectivity index (χ0n) is 7.63. The molecule has 0 aromatic carbocycles. The molecule has 0 bridgehead atoms. The van der Waals surface area contributed by atoms with Crippen molar-refractivity contribution >= 4 is 5.91 Å². The van der Waals surface area contributed by atoms with Crippen molar-refractivity contribution in [2.45, 2.75) is 6.43 Å². The number of methoxy groups -OCH3 is 1. The van der Waals surface area contributed by atoms with E-state index in [-0.39, 0.29) is 0 Å². The van der Waals surface area contributed by atoms with Crippen molar-refractivity contribution in [1.29, 1.82) is 0 Å². The number of nitrogens with two attached hydrogens (primary N) is 1. The molecule has 0 atom stereocenters. The minimum absolute atomic E-state index is 0.496. The van der Waals surface area contributed by atoms with Crippen LogP contribution in [-0.2, 0) is 0 Å². The molecule has 4 nitrogen and oxygen atoms in total. The van der Waals surface area contributed by atoms with Gasteiger partial charge in [0, 0.05) is 6.07 Å². The van der Waals surface area contributed by atoms with E-state index in [9.17, 15) is 18.0 Å². The van der Waals surface area contributed by atoms with Crippen LogP contribution in [0.3, 0.4) is 0 Å². The number of aromatic nitrogens is 1. The van der Waals surface area contributed by atoms with Gasteiger partial charge in [-0.05, 0) is 0 Å². The van der Waals surface area contributed by atoms with Crippen molar-refractivity contribution in [2.24, 2.45) is 5.73 Å². The topological polar surface area (TPSA) is 65.2 Å². The van der Waals surface area contributed by atoms with E-state index in [1.165, 1.54) is 0 Å². The maximum atomic E-state index is 12.8. The van der Waals surface area contributed by atoms with Crippen LogP contribution in [0.5, 0.6) is 5.75 Å². The summed E-state index contributed by atoms with van der Waals surface area (Å²) < 4.78 is 42.1. The van der Waals surface area contributed by atoms with Gasteiger partial charge in [0.25, 0.3) is 12.3 Å². The van der Waals surface area contributed by atoms with Crippen molar-refractivity contribution < 1.29 is 22.7 Å². The molecule has 0 saturated carbocycles. The van der Waals surface area contributed by atoms with Crippen molar-refractivity contribution in [3.8, 4) is 5.75 Å². The normalized spacial score (nSPS) is 10.5. The molecule has 0 aliphatic carbocycles. The summed E-state index contributed by atoms with van der Waals surface area (Å²) in [5.74, 6) is -2.84. The van der Waals surface area contributed by atoms with Crippen LogP contribution in [0, 0.1) is 5.95 Å². The molecule has 0 fully saturated rings. The molecule has 1 aromatic heterocycles. The van der Waals surface area contributed by atoms with Gasteiger partial charge in [0.15, 0.2) is 11.4 Å². The number of amides is 1. The second-order valence-corrected chi connectivity index (χ2v) is 2.58. The highest BCUT2D eigenvalue weighted by atomic mass is 19.3. The Bertz CT molecular complexity index is 396. The average molecular weight is 220 g/mol. The summed E-state index contributed by atoms with van der Waals surface area (Å²) in [5.41, 5.74) is 3.44. The maximum absolute atomic E-state index is 12.8. The van der Waals surface area contributed by atoms with Crippen LogP contribution < -0.4 is 10.5 Å². The van der Waals surface area contributed by atoms with Gasteiger partial charge in [0.1, 0.15) is 0 Å². The Morgan fingerprint density at radius 3 is 2.60 bits per heavy atom. The van der Waals surface area contributed by atoms with Gasteiger partial charge in [0.2, 0.25) is 5.95 Å². The predicted molar refractivity (Wildman–Crippen MR) is 44.2 cm³/mol. The molecule has 7 heteroatoms. The van der Waals surface area contributed by atoms with Gasteiger partial charge in [-0.25, -0.2) is 13.8 Å². The molecule has 0 aliphatic heterocycles. The molecule has 0 unspecified atom stereocenters. The van der Waals surface area contributed by atoms with E-state index >= 15 is 0 Å². The standard InChI is InChI=1S/C8H7F3N2O2/c1-15-6-3(7(10)11)2-4(9)13-5(6)8(12)14/h2,7H,1H3,(H2,12,14). The molecule has 1 amide bonds. The molecule has 82 valence electrons. The number of pyridine rings is 1. The first-order valence-corrected chi connectivity index (χ1v) is 3.79. The molecule has 0 saturated heterocycles. The summed E-state index contributed by atoms with van der Waals surface area (Å²) >= 11 is 0. The quantitative estimate of drug-likeness (QED) is 0.780. The lowest BCUT2D eigenvalue weighted by atomic mass is 10.2. The molecule has 2 N–H and O–H groups in total. The SMILES string of the molecule is COc1c(C(F)F)cc(F)nc1C(N)=O. The van der Waals surface area contributed by atoms with E-state index in [0.717, 1.165) is 7.11 Å². The Morgan fingerprint density at radius 1 is 1.60 bits per heavy atom. The number of carbonyl (C=O) groups is 1. The highest BCUT2D eigenvalue weighted by Gasteiger charge is 2.22. The second-order valence-electron chi connectivity index (χ2n) is 2.58. The zero-order chi connectivity index (χ0) is 11.6. The van der Waals surface area contributed by atoms with Crippen molar-refractivity contribution in [3.63, 3.8) is 0 Å². The van der Waals surface area contributed by atoms with E-state index in [4.69, 9.17) is 5.73 Å². The lowest BCUT2D eigenvalue weighted by Gasteiger charge is -2.10. The van der Waals surface area contributed by atoms with Gasteiger partial charge in [-0.2, -0.15) is 4.39 Å². The van der Waals surface area contributed by atoms with Gasteiger partial charge in [0.05, 0.1) is 12.7 Å². The van der Waals surface area contributed by atoms with E-state index < -0.39 is 35.3 Å². The third kappa shape index (κ3) is 2.17.